The molecule has 5 heteroatoms. The number of hydrogen-bond acceptors (Lipinski definition) is 4. The number of carbonyl (C=O) groups excluding carboxylic acids is 1. The van der Waals surface area contributed by atoms with Crippen molar-refractivity contribution in [2.45, 2.75) is 13.3 Å². The molecule has 1 aliphatic rings. The number of methoxy groups -OCH3 is 2. The number of amides is 1. The number of aryl methyl sites for hydroxylation is 1. The molecule has 3 rings (SSSR count). The first-order valence-corrected chi connectivity index (χ1v) is 7.86. The van der Waals surface area contributed by atoms with Crippen LogP contribution in [0.2, 0.25) is 0 Å². The molecule has 0 fully saturated rings. The monoisotopic (exact) mass is 327 g/mol. The smallest absolute Gasteiger partial charge is 0.231 e. The van der Waals surface area contributed by atoms with E-state index in [4.69, 9.17) is 14.2 Å². The first kappa shape index (κ1) is 16.2. The summed E-state index contributed by atoms with van der Waals surface area (Å²) in [6.45, 7) is 2.33. The minimum Gasteiger partial charge on any atom is -0.497 e. The third-order valence-corrected chi connectivity index (χ3v) is 4.16. The third kappa shape index (κ3) is 3.30. The Kier molecular flexibility index (Phi) is 4.60. The van der Waals surface area contributed by atoms with E-state index in [0.717, 1.165) is 22.6 Å². The molecule has 0 bridgehead atoms. The number of nitrogens with one attached hydrogen (secondary N) is 1. The van der Waals surface area contributed by atoms with Crippen LogP contribution >= 0.6 is 0 Å². The average molecular weight is 327 g/mol. The van der Waals surface area contributed by atoms with Crippen molar-refractivity contribution in [3.05, 3.63) is 47.5 Å². The lowest BCUT2D eigenvalue weighted by atomic mass is 9.95. The molecule has 2 aromatic rings. The van der Waals surface area contributed by atoms with Gasteiger partial charge in [-0.1, -0.05) is 6.07 Å². The van der Waals surface area contributed by atoms with Gasteiger partial charge >= 0.3 is 0 Å². The Morgan fingerprint density at radius 2 is 2.00 bits per heavy atom. The summed E-state index contributed by atoms with van der Waals surface area (Å²) < 4.78 is 16.3. The first-order chi connectivity index (χ1) is 11.6. The first-order valence-electron chi connectivity index (χ1n) is 7.86. The van der Waals surface area contributed by atoms with Crippen LogP contribution in [-0.2, 0) is 11.2 Å². The van der Waals surface area contributed by atoms with Crippen molar-refractivity contribution < 1.29 is 19.0 Å². The second-order valence-corrected chi connectivity index (χ2v) is 5.88. The summed E-state index contributed by atoms with van der Waals surface area (Å²) in [4.78, 5) is 12.6. The Morgan fingerprint density at radius 3 is 2.75 bits per heavy atom. The molecule has 1 aliphatic heterocycles. The molecule has 0 unspecified atom stereocenters. The van der Waals surface area contributed by atoms with Gasteiger partial charge in [-0.3, -0.25) is 4.79 Å². The number of carbonyl (C=O) groups is 1. The number of ether oxygens (including phenoxy) is 3. The minimum absolute atomic E-state index is 0.0765. The summed E-state index contributed by atoms with van der Waals surface area (Å²) in [6, 6.07) is 11.4. The van der Waals surface area contributed by atoms with E-state index in [1.165, 1.54) is 0 Å². The van der Waals surface area contributed by atoms with Gasteiger partial charge < -0.3 is 19.5 Å². The third-order valence-electron chi connectivity index (χ3n) is 4.16. The molecule has 2 aromatic carbocycles. The number of anilines is 1. The van der Waals surface area contributed by atoms with E-state index < -0.39 is 0 Å². The van der Waals surface area contributed by atoms with Gasteiger partial charge in [-0.25, -0.2) is 0 Å². The predicted octanol–water partition coefficient (Wildman–Crippen LogP) is 3.20. The Hall–Kier alpha value is -2.69. The zero-order valence-electron chi connectivity index (χ0n) is 14.1. The Labute approximate surface area is 141 Å². The summed E-state index contributed by atoms with van der Waals surface area (Å²) in [7, 11) is 3.21. The highest BCUT2D eigenvalue weighted by atomic mass is 16.5. The molecule has 0 saturated carbocycles. The lowest BCUT2D eigenvalue weighted by Crippen LogP contribution is -2.32. The van der Waals surface area contributed by atoms with Crippen LogP contribution in [0.25, 0.3) is 0 Å². The highest BCUT2D eigenvalue weighted by molar-refractivity contribution is 5.94. The molecule has 0 aromatic heterocycles. The van der Waals surface area contributed by atoms with E-state index in [1.54, 1.807) is 14.2 Å². The summed E-state index contributed by atoms with van der Waals surface area (Å²) in [5.74, 6) is 1.89. The molecule has 5 nitrogen and oxygen atoms in total. The zero-order valence-corrected chi connectivity index (χ0v) is 14.1. The number of fused-ring (bicyclic) bond motifs is 1. The normalized spacial score (nSPS) is 15.9. The van der Waals surface area contributed by atoms with Crippen LogP contribution in [0.5, 0.6) is 17.2 Å². The highest BCUT2D eigenvalue weighted by Crippen LogP contribution is 2.32. The van der Waals surface area contributed by atoms with Gasteiger partial charge in [-0.15, -0.1) is 0 Å². The zero-order chi connectivity index (χ0) is 17.1. The molecule has 1 heterocycles. The number of rotatable bonds is 4. The second-order valence-electron chi connectivity index (χ2n) is 5.88. The molecule has 1 amide bonds. The maximum atomic E-state index is 12.6. The molecule has 126 valence electrons. The van der Waals surface area contributed by atoms with E-state index in [1.807, 2.05) is 43.3 Å². The topological polar surface area (TPSA) is 56.8 Å². The SMILES string of the molecule is COc1ccc2c(c1)C[C@H](C(=O)Nc1cc(C)ccc1OC)CO2. The van der Waals surface area contributed by atoms with Crippen LogP contribution in [0.1, 0.15) is 11.1 Å². The van der Waals surface area contributed by atoms with Gasteiger partial charge in [0.1, 0.15) is 23.9 Å². The molecule has 0 radical (unpaired) electrons. The van der Waals surface area contributed by atoms with Crippen molar-refractivity contribution in [2.24, 2.45) is 5.92 Å². The molecule has 0 saturated heterocycles. The molecule has 24 heavy (non-hydrogen) atoms. The van der Waals surface area contributed by atoms with Gasteiger partial charge in [0.25, 0.3) is 0 Å². The van der Waals surface area contributed by atoms with Crippen molar-refractivity contribution >= 4 is 11.6 Å². The van der Waals surface area contributed by atoms with Crippen LogP contribution in [0.3, 0.4) is 0 Å². The lowest BCUT2D eigenvalue weighted by molar-refractivity contribution is -0.121. The maximum Gasteiger partial charge on any atom is 0.231 e. The molecular formula is C19H21NO4. The fourth-order valence-corrected chi connectivity index (χ4v) is 2.82. The standard InChI is InChI=1S/C19H21NO4/c1-12-4-6-18(23-3)16(8-12)20-19(21)14-9-13-10-15(22-2)5-7-17(13)24-11-14/h4-8,10,14H,9,11H2,1-3H3,(H,20,21)/t14-/m0/s1. The van der Waals surface area contributed by atoms with Crippen molar-refractivity contribution in [2.75, 3.05) is 26.1 Å². The average Bonchev–Trinajstić information content (AvgIpc) is 2.61. The Balaban J connectivity index is 1.76. The van der Waals surface area contributed by atoms with Gasteiger partial charge in [-0.05, 0) is 54.8 Å². The summed E-state index contributed by atoms with van der Waals surface area (Å²) in [5.41, 5.74) is 2.72. The second kappa shape index (κ2) is 6.83. The molecule has 1 atom stereocenters. The van der Waals surface area contributed by atoms with Crippen molar-refractivity contribution in [3.63, 3.8) is 0 Å². The van der Waals surface area contributed by atoms with Crippen molar-refractivity contribution in [1.82, 2.24) is 0 Å². The summed E-state index contributed by atoms with van der Waals surface area (Å²) >= 11 is 0. The molecule has 1 N–H and O–H groups in total. The number of hydrogen-bond donors (Lipinski definition) is 1. The lowest BCUT2D eigenvalue weighted by Gasteiger charge is -2.25. The number of benzene rings is 2. The minimum atomic E-state index is -0.255. The van der Waals surface area contributed by atoms with Crippen molar-refractivity contribution in [3.8, 4) is 17.2 Å². The van der Waals surface area contributed by atoms with Gasteiger partial charge in [0.2, 0.25) is 5.91 Å². The maximum absolute atomic E-state index is 12.6. The van der Waals surface area contributed by atoms with Gasteiger partial charge in [0.05, 0.1) is 25.8 Å². The van der Waals surface area contributed by atoms with Gasteiger partial charge in [0, 0.05) is 0 Å². The quantitative estimate of drug-likeness (QED) is 0.937. The van der Waals surface area contributed by atoms with Gasteiger partial charge in [-0.2, -0.15) is 0 Å². The van der Waals surface area contributed by atoms with E-state index >= 15 is 0 Å². The molecule has 0 spiro atoms. The van der Waals surface area contributed by atoms with Crippen molar-refractivity contribution in [1.29, 1.82) is 0 Å². The summed E-state index contributed by atoms with van der Waals surface area (Å²) in [6.07, 6.45) is 0.618. The van der Waals surface area contributed by atoms with E-state index in [0.29, 0.717) is 24.5 Å². The molecular weight excluding hydrogens is 306 g/mol. The fourth-order valence-electron chi connectivity index (χ4n) is 2.82. The Morgan fingerprint density at radius 1 is 1.17 bits per heavy atom. The van der Waals surface area contributed by atoms with Crippen LogP contribution in [0, 0.1) is 12.8 Å². The van der Waals surface area contributed by atoms with E-state index in [-0.39, 0.29) is 11.8 Å². The largest absolute Gasteiger partial charge is 0.497 e. The van der Waals surface area contributed by atoms with E-state index in [2.05, 4.69) is 5.32 Å². The predicted molar refractivity (Wildman–Crippen MR) is 92.0 cm³/mol. The van der Waals surface area contributed by atoms with Gasteiger partial charge in [0.15, 0.2) is 0 Å². The van der Waals surface area contributed by atoms with E-state index in [9.17, 15) is 4.79 Å². The molecule has 0 aliphatic carbocycles. The summed E-state index contributed by atoms with van der Waals surface area (Å²) in [5, 5.41) is 2.96. The fraction of sp³-hybridized carbons (Fsp3) is 0.316. The van der Waals surface area contributed by atoms with Crippen LogP contribution in [0.4, 0.5) is 5.69 Å². The van der Waals surface area contributed by atoms with Crippen LogP contribution < -0.4 is 19.5 Å². The van der Waals surface area contributed by atoms with Crippen LogP contribution in [0.15, 0.2) is 36.4 Å². The Bertz CT molecular complexity index is 757. The highest BCUT2D eigenvalue weighted by Gasteiger charge is 2.27. The van der Waals surface area contributed by atoms with Crippen LogP contribution in [-0.4, -0.2) is 26.7 Å².